The lowest BCUT2D eigenvalue weighted by atomic mass is 9.84. The van der Waals surface area contributed by atoms with Gasteiger partial charge in [-0.1, -0.05) is 30.9 Å². The van der Waals surface area contributed by atoms with Crippen molar-refractivity contribution in [2.75, 3.05) is 0 Å². The molecule has 4 nitrogen and oxygen atoms in total. The van der Waals surface area contributed by atoms with Crippen molar-refractivity contribution in [3.05, 3.63) is 38.9 Å². The van der Waals surface area contributed by atoms with Crippen LogP contribution in [-0.4, -0.2) is 11.0 Å². The minimum Gasteiger partial charge on any atom is -0.310 e. The molecule has 0 saturated heterocycles. The van der Waals surface area contributed by atoms with E-state index in [2.05, 4.69) is 12.2 Å². The summed E-state index contributed by atoms with van der Waals surface area (Å²) in [5, 5.41) is 14.9. The number of nitro groups is 1. The maximum Gasteiger partial charge on any atom is 0.275 e. The standard InChI is InChI=1S/C15H21ClN2O2/c1-11(12-5-3-2-4-6-12)17-10-13-7-8-14(16)9-15(13)18(19)20/h7-9,11-12,17H,2-6,10H2,1H3/t11-/m0/s1. The Balaban J connectivity index is 1.97. The minimum atomic E-state index is -0.367. The van der Waals surface area contributed by atoms with E-state index in [0.29, 0.717) is 29.1 Å². The van der Waals surface area contributed by atoms with Gasteiger partial charge >= 0.3 is 0 Å². The Morgan fingerprint density at radius 2 is 2.10 bits per heavy atom. The summed E-state index contributed by atoms with van der Waals surface area (Å²) in [6, 6.07) is 5.26. The number of nitrogens with zero attached hydrogens (tertiary/aromatic N) is 1. The monoisotopic (exact) mass is 296 g/mol. The van der Waals surface area contributed by atoms with Gasteiger partial charge in [-0.05, 0) is 37.8 Å². The van der Waals surface area contributed by atoms with Gasteiger partial charge in [0.25, 0.3) is 5.69 Å². The molecule has 1 fully saturated rings. The molecule has 2 rings (SSSR count). The smallest absolute Gasteiger partial charge is 0.275 e. The van der Waals surface area contributed by atoms with E-state index in [9.17, 15) is 10.1 Å². The fraction of sp³-hybridized carbons (Fsp3) is 0.600. The second-order valence-corrected chi connectivity index (χ2v) is 6.03. The highest BCUT2D eigenvalue weighted by Crippen LogP contribution is 2.27. The molecule has 0 spiro atoms. The average Bonchev–Trinajstić information content (AvgIpc) is 2.46. The van der Waals surface area contributed by atoms with Crippen LogP contribution < -0.4 is 5.32 Å². The normalized spacial score (nSPS) is 17.9. The molecule has 0 unspecified atom stereocenters. The molecule has 1 atom stereocenters. The second kappa shape index (κ2) is 7.04. The van der Waals surface area contributed by atoms with Crippen molar-refractivity contribution in [2.24, 2.45) is 5.92 Å². The first-order valence-corrected chi connectivity index (χ1v) is 7.62. The molecule has 0 amide bonds. The number of nitro benzene ring substituents is 1. The highest BCUT2D eigenvalue weighted by Gasteiger charge is 2.21. The number of hydrogen-bond donors (Lipinski definition) is 1. The summed E-state index contributed by atoms with van der Waals surface area (Å²) in [7, 11) is 0. The Hall–Kier alpha value is -1.13. The lowest BCUT2D eigenvalue weighted by molar-refractivity contribution is -0.385. The lowest BCUT2D eigenvalue weighted by Crippen LogP contribution is -2.34. The van der Waals surface area contributed by atoms with Crippen molar-refractivity contribution >= 4 is 17.3 Å². The van der Waals surface area contributed by atoms with Crippen LogP contribution in [0.1, 0.15) is 44.6 Å². The summed E-state index contributed by atoms with van der Waals surface area (Å²) >= 11 is 5.82. The number of halogens is 1. The molecule has 1 aliphatic carbocycles. The van der Waals surface area contributed by atoms with Crippen LogP contribution in [0.15, 0.2) is 18.2 Å². The minimum absolute atomic E-state index is 0.0980. The van der Waals surface area contributed by atoms with Crippen molar-refractivity contribution < 1.29 is 4.92 Å². The predicted molar refractivity (Wildman–Crippen MR) is 81.0 cm³/mol. The highest BCUT2D eigenvalue weighted by atomic mass is 35.5. The first kappa shape index (κ1) is 15.3. The van der Waals surface area contributed by atoms with Crippen molar-refractivity contribution in [1.82, 2.24) is 5.32 Å². The van der Waals surface area contributed by atoms with Crippen molar-refractivity contribution in [2.45, 2.75) is 51.6 Å². The SMILES string of the molecule is C[C@H](NCc1ccc(Cl)cc1[N+](=O)[O-])C1CCCCC1. The molecule has 1 aromatic carbocycles. The van der Waals surface area contributed by atoms with E-state index in [1.807, 2.05) is 0 Å². The Bertz CT molecular complexity index is 473. The molecule has 1 aliphatic rings. The van der Waals surface area contributed by atoms with E-state index in [1.54, 1.807) is 12.1 Å². The van der Waals surface area contributed by atoms with Gasteiger partial charge in [0, 0.05) is 29.2 Å². The third-order valence-electron chi connectivity index (χ3n) is 4.22. The molecule has 1 aromatic rings. The molecule has 0 aliphatic heterocycles. The van der Waals surface area contributed by atoms with E-state index in [-0.39, 0.29) is 10.6 Å². The Labute approximate surface area is 124 Å². The summed E-state index contributed by atoms with van der Waals surface area (Å²) in [6.07, 6.45) is 6.47. The predicted octanol–water partition coefficient (Wildman–Crippen LogP) is 4.31. The van der Waals surface area contributed by atoms with Gasteiger partial charge in [0.2, 0.25) is 0 Å². The molecule has 5 heteroatoms. The van der Waals surface area contributed by atoms with Crippen molar-refractivity contribution in [1.29, 1.82) is 0 Å². The van der Waals surface area contributed by atoms with Crippen LogP contribution in [-0.2, 0) is 6.54 Å². The number of benzene rings is 1. The van der Waals surface area contributed by atoms with Gasteiger partial charge in [-0.15, -0.1) is 0 Å². The zero-order chi connectivity index (χ0) is 14.5. The van der Waals surface area contributed by atoms with Crippen molar-refractivity contribution in [3.8, 4) is 0 Å². The van der Waals surface area contributed by atoms with Crippen LogP contribution in [0.5, 0.6) is 0 Å². The first-order valence-electron chi connectivity index (χ1n) is 7.24. The van der Waals surface area contributed by atoms with E-state index in [1.165, 1.54) is 38.2 Å². The first-order chi connectivity index (χ1) is 9.58. The van der Waals surface area contributed by atoms with Crippen LogP contribution in [0.25, 0.3) is 0 Å². The molecule has 1 N–H and O–H groups in total. The quantitative estimate of drug-likeness (QED) is 0.651. The summed E-state index contributed by atoms with van der Waals surface area (Å²) in [6.45, 7) is 2.70. The largest absolute Gasteiger partial charge is 0.310 e. The van der Waals surface area contributed by atoms with E-state index in [4.69, 9.17) is 11.6 Å². The van der Waals surface area contributed by atoms with Crippen LogP contribution >= 0.6 is 11.6 Å². The molecular formula is C15H21ClN2O2. The topological polar surface area (TPSA) is 55.2 Å². The van der Waals surface area contributed by atoms with E-state index in [0.717, 1.165) is 0 Å². The molecule has 20 heavy (non-hydrogen) atoms. The van der Waals surface area contributed by atoms with Crippen molar-refractivity contribution in [3.63, 3.8) is 0 Å². The fourth-order valence-corrected chi connectivity index (χ4v) is 3.09. The fourth-order valence-electron chi connectivity index (χ4n) is 2.93. The van der Waals surface area contributed by atoms with Gasteiger partial charge in [0.15, 0.2) is 0 Å². The molecule has 110 valence electrons. The summed E-state index contributed by atoms with van der Waals surface area (Å²) in [5.74, 6) is 0.690. The van der Waals surface area contributed by atoms with E-state index < -0.39 is 0 Å². The van der Waals surface area contributed by atoms with Gasteiger partial charge in [0.1, 0.15) is 0 Å². The summed E-state index contributed by atoms with van der Waals surface area (Å²) in [5.41, 5.74) is 0.794. The molecule has 1 saturated carbocycles. The number of hydrogen-bond acceptors (Lipinski definition) is 3. The summed E-state index contributed by atoms with van der Waals surface area (Å²) in [4.78, 5) is 10.7. The zero-order valence-electron chi connectivity index (χ0n) is 11.8. The van der Waals surface area contributed by atoms with Gasteiger partial charge in [-0.2, -0.15) is 0 Å². The maximum absolute atomic E-state index is 11.0. The van der Waals surface area contributed by atoms with Gasteiger partial charge in [0.05, 0.1) is 4.92 Å². The van der Waals surface area contributed by atoms with Gasteiger partial charge in [-0.25, -0.2) is 0 Å². The number of nitrogens with one attached hydrogen (secondary N) is 1. The molecular weight excluding hydrogens is 276 g/mol. The van der Waals surface area contributed by atoms with Crippen LogP contribution in [0.2, 0.25) is 5.02 Å². The Morgan fingerprint density at radius 3 is 2.75 bits per heavy atom. The van der Waals surface area contributed by atoms with Crippen LogP contribution in [0, 0.1) is 16.0 Å². The Kier molecular flexibility index (Phi) is 5.38. The number of rotatable bonds is 5. The Morgan fingerprint density at radius 1 is 1.40 bits per heavy atom. The lowest BCUT2D eigenvalue weighted by Gasteiger charge is -2.28. The third kappa shape index (κ3) is 3.93. The molecule has 0 heterocycles. The van der Waals surface area contributed by atoms with E-state index >= 15 is 0 Å². The zero-order valence-corrected chi connectivity index (χ0v) is 12.5. The van der Waals surface area contributed by atoms with Gasteiger partial charge in [-0.3, -0.25) is 10.1 Å². The maximum atomic E-state index is 11.0. The molecule has 0 aromatic heterocycles. The highest BCUT2D eigenvalue weighted by molar-refractivity contribution is 6.30. The second-order valence-electron chi connectivity index (χ2n) is 5.60. The van der Waals surface area contributed by atoms with Crippen LogP contribution in [0.4, 0.5) is 5.69 Å². The summed E-state index contributed by atoms with van der Waals surface area (Å²) < 4.78 is 0. The average molecular weight is 297 g/mol. The van der Waals surface area contributed by atoms with Gasteiger partial charge < -0.3 is 5.32 Å². The van der Waals surface area contributed by atoms with Crippen LogP contribution in [0.3, 0.4) is 0 Å². The third-order valence-corrected chi connectivity index (χ3v) is 4.45. The molecule has 0 bridgehead atoms. The molecule has 0 radical (unpaired) electrons.